The van der Waals surface area contributed by atoms with Gasteiger partial charge in [0.15, 0.2) is 0 Å². The standard InChI is InChI=1S/C10H14NO.CH3.U/c1-3-4-6-9-10(12-2)7-5-8-11-9;;/h5,7-8H,2-4,6H2,1H3;1H3;/q2*-1;+2. The van der Waals surface area contributed by atoms with E-state index >= 15 is 0 Å². The van der Waals surface area contributed by atoms with Crippen molar-refractivity contribution < 1.29 is 35.9 Å². The van der Waals surface area contributed by atoms with Crippen molar-refractivity contribution in [1.82, 2.24) is 4.98 Å². The number of aromatic nitrogens is 1. The van der Waals surface area contributed by atoms with Crippen LogP contribution < -0.4 is 4.74 Å². The molecule has 0 unspecified atom stereocenters. The Bertz CT molecular complexity index is 240. The van der Waals surface area contributed by atoms with Crippen LogP contribution in [0.25, 0.3) is 0 Å². The summed E-state index contributed by atoms with van der Waals surface area (Å²) in [5, 5.41) is 0. The van der Waals surface area contributed by atoms with E-state index in [2.05, 4.69) is 19.0 Å². The SMILES string of the molecule is [CH2-]Oc1cccnc1CCCC.[CH3-].[U+2]. The number of aryl methyl sites for hydroxylation is 1. The average molecular weight is 417 g/mol. The Labute approximate surface area is 111 Å². The fourth-order valence-corrected chi connectivity index (χ4v) is 1.09. The first-order chi connectivity index (χ1) is 5.88. The molecule has 0 fully saturated rings. The molecule has 0 aliphatic rings. The van der Waals surface area contributed by atoms with Crippen molar-refractivity contribution in [2.45, 2.75) is 26.2 Å². The summed E-state index contributed by atoms with van der Waals surface area (Å²) in [5.41, 5.74) is 1.01. The molecule has 2 nitrogen and oxygen atoms in total. The van der Waals surface area contributed by atoms with Gasteiger partial charge in [-0.1, -0.05) is 13.3 Å². The van der Waals surface area contributed by atoms with E-state index in [1.165, 1.54) is 6.42 Å². The van der Waals surface area contributed by atoms with Gasteiger partial charge >= 0.3 is 31.1 Å². The van der Waals surface area contributed by atoms with E-state index in [1.54, 1.807) is 6.20 Å². The maximum absolute atomic E-state index is 4.93. The number of nitrogens with zero attached hydrogens (tertiary/aromatic N) is 1. The van der Waals surface area contributed by atoms with Gasteiger partial charge in [-0.25, -0.2) is 0 Å². The zero-order valence-electron chi connectivity index (χ0n) is 8.92. The molecule has 14 heavy (non-hydrogen) atoms. The molecule has 0 aliphatic heterocycles. The van der Waals surface area contributed by atoms with Gasteiger partial charge in [0, 0.05) is 6.20 Å². The molecular formula is C11H17NOU. The van der Waals surface area contributed by atoms with E-state index in [9.17, 15) is 0 Å². The third-order valence-electron chi connectivity index (χ3n) is 1.77. The van der Waals surface area contributed by atoms with Crippen LogP contribution in [-0.2, 0) is 6.42 Å². The maximum atomic E-state index is 4.93. The quantitative estimate of drug-likeness (QED) is 0.703. The Morgan fingerprint density at radius 3 is 2.79 bits per heavy atom. The zero-order chi connectivity index (χ0) is 8.81. The van der Waals surface area contributed by atoms with Crippen molar-refractivity contribution in [3.8, 4) is 5.75 Å². The van der Waals surface area contributed by atoms with E-state index in [0.29, 0.717) is 0 Å². The van der Waals surface area contributed by atoms with Gasteiger partial charge in [-0.15, -0.1) is 0 Å². The van der Waals surface area contributed by atoms with Gasteiger partial charge in [0.25, 0.3) is 0 Å². The first-order valence-electron chi connectivity index (χ1n) is 4.24. The predicted octanol–water partition coefficient (Wildman–Crippen LogP) is 3.04. The fourth-order valence-electron chi connectivity index (χ4n) is 1.09. The molecular weight excluding hydrogens is 400 g/mol. The average Bonchev–Trinajstić information content (AvgIpc) is 2.15. The number of rotatable bonds is 4. The molecule has 1 aromatic heterocycles. The van der Waals surface area contributed by atoms with Crippen LogP contribution in [0.4, 0.5) is 0 Å². The van der Waals surface area contributed by atoms with Crippen molar-refractivity contribution in [3.63, 3.8) is 0 Å². The van der Waals surface area contributed by atoms with Crippen molar-refractivity contribution in [1.29, 1.82) is 0 Å². The molecule has 0 saturated heterocycles. The molecule has 1 rings (SSSR count). The van der Waals surface area contributed by atoms with E-state index < -0.39 is 0 Å². The fraction of sp³-hybridized carbons (Fsp3) is 0.364. The Hall–Kier alpha value is 0.00195. The molecule has 0 aromatic carbocycles. The topological polar surface area (TPSA) is 22.1 Å². The van der Waals surface area contributed by atoms with Gasteiger partial charge in [0.1, 0.15) is 5.75 Å². The molecule has 0 spiro atoms. The van der Waals surface area contributed by atoms with Crippen molar-refractivity contribution in [3.05, 3.63) is 38.6 Å². The van der Waals surface area contributed by atoms with Crippen molar-refractivity contribution in [2.24, 2.45) is 0 Å². The van der Waals surface area contributed by atoms with Crippen LogP contribution in [0.2, 0.25) is 0 Å². The summed E-state index contributed by atoms with van der Waals surface area (Å²) >= 11 is 0. The van der Waals surface area contributed by atoms with Crippen LogP contribution in [0.15, 0.2) is 18.3 Å². The molecule has 0 aliphatic carbocycles. The number of unbranched alkanes of at least 4 members (excludes halogenated alkanes) is 1. The second-order valence-electron chi connectivity index (χ2n) is 2.70. The minimum Gasteiger partial charge on any atom is -0.664 e. The van der Waals surface area contributed by atoms with Gasteiger partial charge in [-0.3, -0.25) is 4.98 Å². The smallest absolute Gasteiger partial charge is 0.664 e. The Balaban J connectivity index is 0. The molecule has 0 radical (unpaired) electrons. The van der Waals surface area contributed by atoms with Gasteiger partial charge in [-0.05, 0) is 25.0 Å². The minimum absolute atomic E-state index is 0. The predicted molar refractivity (Wildman–Crippen MR) is 55.2 cm³/mol. The molecule has 1 heterocycles. The molecule has 0 amide bonds. The minimum atomic E-state index is 0. The molecule has 0 saturated carbocycles. The van der Waals surface area contributed by atoms with Gasteiger partial charge < -0.3 is 12.2 Å². The summed E-state index contributed by atoms with van der Waals surface area (Å²) in [4.78, 5) is 4.22. The Morgan fingerprint density at radius 2 is 2.21 bits per heavy atom. The van der Waals surface area contributed by atoms with E-state index in [-0.39, 0.29) is 38.5 Å². The molecule has 76 valence electrons. The van der Waals surface area contributed by atoms with Gasteiger partial charge in [0.2, 0.25) is 0 Å². The van der Waals surface area contributed by atoms with Crippen LogP contribution >= 0.6 is 0 Å². The van der Waals surface area contributed by atoms with Crippen LogP contribution in [0.3, 0.4) is 0 Å². The normalized spacial score (nSPS) is 8.43. The van der Waals surface area contributed by atoms with E-state index in [4.69, 9.17) is 4.74 Å². The van der Waals surface area contributed by atoms with Crippen LogP contribution in [0.1, 0.15) is 25.5 Å². The summed E-state index contributed by atoms with van der Waals surface area (Å²) in [6, 6.07) is 3.75. The van der Waals surface area contributed by atoms with Crippen LogP contribution in [0, 0.1) is 45.6 Å². The van der Waals surface area contributed by atoms with Gasteiger partial charge in [0.05, 0.1) is 5.69 Å². The zero-order valence-corrected chi connectivity index (χ0v) is 13.1. The first-order valence-corrected chi connectivity index (χ1v) is 4.24. The number of hydrogen-bond donors (Lipinski definition) is 0. The third kappa shape index (κ3) is 5.03. The largest absolute Gasteiger partial charge is 2.00 e. The third-order valence-corrected chi connectivity index (χ3v) is 1.77. The Morgan fingerprint density at radius 1 is 1.50 bits per heavy atom. The Kier molecular flexibility index (Phi) is 11.2. The number of hydrogen-bond acceptors (Lipinski definition) is 2. The summed E-state index contributed by atoms with van der Waals surface area (Å²) < 4.78 is 4.93. The second-order valence-corrected chi connectivity index (χ2v) is 2.70. The molecule has 0 N–H and O–H groups in total. The van der Waals surface area contributed by atoms with E-state index in [0.717, 1.165) is 24.3 Å². The molecule has 3 heteroatoms. The van der Waals surface area contributed by atoms with E-state index in [1.807, 2.05) is 12.1 Å². The molecule has 0 bridgehead atoms. The summed E-state index contributed by atoms with van der Waals surface area (Å²) in [7, 11) is 3.38. The molecule has 1 aromatic rings. The maximum Gasteiger partial charge on any atom is 2.00 e. The van der Waals surface area contributed by atoms with Crippen molar-refractivity contribution >= 4 is 0 Å². The van der Waals surface area contributed by atoms with Crippen molar-refractivity contribution in [2.75, 3.05) is 0 Å². The molecule has 0 atom stereocenters. The first kappa shape index (κ1) is 16.4. The number of pyridine rings is 1. The van der Waals surface area contributed by atoms with Crippen LogP contribution in [-0.4, -0.2) is 4.98 Å². The summed E-state index contributed by atoms with van der Waals surface area (Å²) in [6.07, 6.45) is 5.08. The monoisotopic (exact) mass is 417 g/mol. The van der Waals surface area contributed by atoms with Gasteiger partial charge in [-0.2, -0.15) is 7.11 Å². The summed E-state index contributed by atoms with van der Waals surface area (Å²) in [6.45, 7) is 2.16. The van der Waals surface area contributed by atoms with Crippen LogP contribution in [0.5, 0.6) is 5.75 Å². The summed E-state index contributed by atoms with van der Waals surface area (Å²) in [5.74, 6) is 0.797. The second kappa shape index (κ2) is 9.55. The number of ether oxygens (including phenoxy) is 1.